The van der Waals surface area contributed by atoms with E-state index in [4.69, 9.17) is 5.11 Å². The van der Waals surface area contributed by atoms with Gasteiger partial charge in [0.1, 0.15) is 0 Å². The molecule has 0 fully saturated rings. The average Bonchev–Trinajstić information content (AvgIpc) is 2.59. The van der Waals surface area contributed by atoms with Crippen LogP contribution in [0.3, 0.4) is 0 Å². The molecule has 0 aliphatic heterocycles. The minimum Gasteiger partial charge on any atom is -0.481 e. The standard InChI is InChI=1S/C17H24FN4O4/c1-12(5-6-15(23)24)22-17(26)21-9-4-2-3-8-20-16(25)13-7-10-19-14(18)11-13/h7,9-12H,2-6,8H2,1H3,(H,20,25)(H,23,24)(H2,21,22,26)/i18-1. The van der Waals surface area contributed by atoms with E-state index in [1.807, 2.05) is 0 Å². The lowest BCUT2D eigenvalue weighted by Gasteiger charge is -2.13. The highest BCUT2D eigenvalue weighted by molar-refractivity contribution is 5.93. The number of nitrogens with one attached hydrogen (secondary N) is 3. The van der Waals surface area contributed by atoms with Crippen molar-refractivity contribution >= 4 is 17.9 Å². The van der Waals surface area contributed by atoms with Gasteiger partial charge >= 0.3 is 12.0 Å². The molecular weight excluding hydrogens is 342 g/mol. The number of halogens is 1. The van der Waals surface area contributed by atoms with Crippen molar-refractivity contribution in [1.82, 2.24) is 20.9 Å². The lowest BCUT2D eigenvalue weighted by Crippen LogP contribution is -2.39. The minimum atomic E-state index is -0.897. The molecular formula is C17H24FN4O4. The monoisotopic (exact) mass is 366 g/mol. The van der Waals surface area contributed by atoms with Crippen molar-refractivity contribution in [2.24, 2.45) is 0 Å². The summed E-state index contributed by atoms with van der Waals surface area (Å²) in [6.07, 6.45) is 3.68. The van der Waals surface area contributed by atoms with E-state index < -0.39 is 11.9 Å². The summed E-state index contributed by atoms with van der Waals surface area (Å²) >= 11 is 0. The number of aromatic nitrogens is 1. The van der Waals surface area contributed by atoms with E-state index in [0.717, 1.165) is 12.5 Å². The van der Waals surface area contributed by atoms with Crippen LogP contribution in [0.5, 0.6) is 0 Å². The topological polar surface area (TPSA) is 120 Å². The van der Waals surface area contributed by atoms with Gasteiger partial charge in [-0.3, -0.25) is 9.59 Å². The number of hydrogen-bond donors (Lipinski definition) is 4. The van der Waals surface area contributed by atoms with Crippen molar-refractivity contribution in [3.05, 3.63) is 36.4 Å². The zero-order valence-electron chi connectivity index (χ0n) is 14.6. The van der Waals surface area contributed by atoms with Gasteiger partial charge in [0.25, 0.3) is 5.91 Å². The smallest absolute Gasteiger partial charge is 0.315 e. The van der Waals surface area contributed by atoms with Crippen LogP contribution in [0.2, 0.25) is 0 Å². The number of nitrogens with zero attached hydrogens (tertiary/aromatic N) is 1. The first-order valence-corrected chi connectivity index (χ1v) is 8.38. The first-order valence-electron chi connectivity index (χ1n) is 8.38. The molecule has 1 aromatic rings. The average molecular weight is 366 g/mol. The number of carboxylic acid groups (broad SMARTS) is 1. The molecule has 8 nitrogen and oxygen atoms in total. The number of amides is 3. The van der Waals surface area contributed by atoms with Gasteiger partial charge in [-0.1, -0.05) is 0 Å². The van der Waals surface area contributed by atoms with Crippen LogP contribution in [0.25, 0.3) is 0 Å². The molecule has 1 atom stereocenters. The molecule has 0 saturated carbocycles. The number of aliphatic carboxylic acids is 1. The first kappa shape index (κ1) is 21.3. The zero-order chi connectivity index (χ0) is 19.4. The molecule has 0 spiro atoms. The van der Waals surface area contributed by atoms with Gasteiger partial charge < -0.3 is 21.1 Å². The van der Waals surface area contributed by atoms with E-state index in [1.165, 1.54) is 12.3 Å². The third kappa shape index (κ3) is 9.55. The third-order valence-corrected chi connectivity index (χ3v) is 3.45. The van der Waals surface area contributed by atoms with Crippen LogP contribution in [0.1, 0.15) is 49.4 Å². The fourth-order valence-electron chi connectivity index (χ4n) is 2.06. The van der Waals surface area contributed by atoms with E-state index in [9.17, 15) is 18.8 Å². The fourth-order valence-corrected chi connectivity index (χ4v) is 2.06. The zero-order valence-corrected chi connectivity index (χ0v) is 14.6. The maximum absolute atomic E-state index is 12.9. The molecule has 0 saturated heterocycles. The molecule has 143 valence electrons. The van der Waals surface area contributed by atoms with Gasteiger partial charge in [-0.15, -0.1) is 0 Å². The second-order valence-corrected chi connectivity index (χ2v) is 5.77. The number of carboxylic acids is 1. The summed E-state index contributed by atoms with van der Waals surface area (Å²) < 4.78 is 12.9. The molecule has 1 rings (SSSR count). The molecule has 1 heterocycles. The number of rotatable bonds is 11. The Morgan fingerprint density at radius 2 is 2.12 bits per heavy atom. The molecule has 0 aliphatic carbocycles. The highest BCUT2D eigenvalue weighted by Gasteiger charge is 2.09. The molecule has 0 aliphatic rings. The number of unbranched alkanes of at least 4 members (excludes halogenated alkanes) is 2. The Morgan fingerprint density at radius 3 is 2.81 bits per heavy atom. The first-order chi connectivity index (χ1) is 12.4. The largest absolute Gasteiger partial charge is 0.481 e. The highest BCUT2D eigenvalue weighted by atomic mass is 18.2. The molecule has 0 aromatic carbocycles. The van der Waals surface area contributed by atoms with Crippen LogP contribution in [0, 0.1) is 12.5 Å². The Balaban J connectivity index is 2.04. The van der Waals surface area contributed by atoms with Gasteiger partial charge in [0.05, 0.1) is 6.54 Å². The summed E-state index contributed by atoms with van der Waals surface area (Å²) in [5.74, 6) is -1.95. The third-order valence-electron chi connectivity index (χ3n) is 3.45. The second-order valence-electron chi connectivity index (χ2n) is 5.77. The van der Waals surface area contributed by atoms with Gasteiger partial charge in [-0.05, 0) is 38.7 Å². The van der Waals surface area contributed by atoms with Crippen molar-refractivity contribution in [2.45, 2.75) is 45.1 Å². The van der Waals surface area contributed by atoms with Crippen LogP contribution < -0.4 is 16.0 Å². The van der Waals surface area contributed by atoms with Gasteiger partial charge in [0.15, 0.2) is 0 Å². The number of urea groups is 1. The van der Waals surface area contributed by atoms with E-state index >= 15 is 0 Å². The van der Waals surface area contributed by atoms with Crippen molar-refractivity contribution < 1.29 is 23.9 Å². The van der Waals surface area contributed by atoms with Crippen molar-refractivity contribution in [1.29, 1.82) is 0 Å². The quantitative estimate of drug-likeness (QED) is 0.352. The Labute approximate surface area is 151 Å². The Kier molecular flexibility index (Phi) is 9.66. The van der Waals surface area contributed by atoms with Crippen LogP contribution in [-0.2, 0) is 4.79 Å². The van der Waals surface area contributed by atoms with E-state index in [2.05, 4.69) is 20.9 Å². The summed E-state index contributed by atoms with van der Waals surface area (Å²) in [6, 6.07) is 1.90. The molecule has 4 N–H and O–H groups in total. The Morgan fingerprint density at radius 1 is 1.35 bits per heavy atom. The molecule has 3 amide bonds. The fraction of sp³-hybridized carbons (Fsp3) is 0.471. The lowest BCUT2D eigenvalue weighted by molar-refractivity contribution is -0.137. The van der Waals surface area contributed by atoms with Crippen molar-refractivity contribution in [2.75, 3.05) is 6.54 Å². The SMILES string of the molecule is CC(CCC(=O)O)NC(=O)N[CH]CCCCNC(=O)c1ccnc([18F])c1. The van der Waals surface area contributed by atoms with Crippen molar-refractivity contribution in [3.63, 3.8) is 0 Å². The second kappa shape index (κ2) is 11.8. The number of hydrogen-bond acceptors (Lipinski definition) is 4. The van der Waals surface area contributed by atoms with E-state index in [1.54, 1.807) is 13.5 Å². The predicted octanol–water partition coefficient (Wildman–Crippen LogP) is 1.84. The summed E-state index contributed by atoms with van der Waals surface area (Å²) in [7, 11) is 0. The molecule has 0 bridgehead atoms. The lowest BCUT2D eigenvalue weighted by atomic mass is 10.2. The molecule has 1 radical (unpaired) electrons. The van der Waals surface area contributed by atoms with Gasteiger partial charge in [0.2, 0.25) is 5.95 Å². The predicted molar refractivity (Wildman–Crippen MR) is 92.7 cm³/mol. The summed E-state index contributed by atoms with van der Waals surface area (Å²) in [5.41, 5.74) is 0.222. The number of carbonyl (C=O) groups is 3. The minimum absolute atomic E-state index is 0.00299. The highest BCUT2D eigenvalue weighted by Crippen LogP contribution is 2.01. The number of pyridine rings is 1. The van der Waals surface area contributed by atoms with E-state index in [-0.39, 0.29) is 30.0 Å². The maximum Gasteiger partial charge on any atom is 0.315 e. The van der Waals surface area contributed by atoms with Gasteiger partial charge in [0, 0.05) is 36.8 Å². The molecule has 1 aromatic heterocycles. The Bertz CT molecular complexity index is 612. The van der Waals surface area contributed by atoms with Gasteiger partial charge in [-0.2, -0.15) is 4.39 Å². The summed E-state index contributed by atoms with van der Waals surface area (Å²) in [6.45, 7) is 3.79. The summed E-state index contributed by atoms with van der Waals surface area (Å²) in [5, 5.41) is 16.5. The molecule has 1 unspecified atom stereocenters. The normalized spacial score (nSPS) is 11.5. The van der Waals surface area contributed by atoms with Crippen molar-refractivity contribution in [3.8, 4) is 0 Å². The maximum atomic E-state index is 12.9. The molecule has 9 heteroatoms. The van der Waals surface area contributed by atoms with Crippen LogP contribution in [0.15, 0.2) is 18.3 Å². The molecule has 26 heavy (non-hydrogen) atoms. The van der Waals surface area contributed by atoms with Crippen LogP contribution >= 0.6 is 0 Å². The number of carbonyl (C=O) groups excluding carboxylic acids is 2. The summed E-state index contributed by atoms with van der Waals surface area (Å²) in [4.78, 5) is 37.2. The Hall–Kier alpha value is -2.71. The van der Waals surface area contributed by atoms with Crippen LogP contribution in [0.4, 0.5) is 9.18 Å². The van der Waals surface area contributed by atoms with Crippen LogP contribution in [-0.4, -0.2) is 40.6 Å². The van der Waals surface area contributed by atoms with E-state index in [0.29, 0.717) is 25.8 Å². The van der Waals surface area contributed by atoms with Gasteiger partial charge in [-0.25, -0.2) is 9.78 Å².